The summed E-state index contributed by atoms with van der Waals surface area (Å²) in [7, 11) is 0. The van der Waals surface area contributed by atoms with Crippen LogP contribution in [0.3, 0.4) is 0 Å². The van der Waals surface area contributed by atoms with Gasteiger partial charge in [0.05, 0.1) is 12.7 Å². The first-order valence-electron chi connectivity index (χ1n) is 6.64. The Labute approximate surface area is 108 Å². The van der Waals surface area contributed by atoms with Gasteiger partial charge in [-0.3, -0.25) is 4.79 Å². The summed E-state index contributed by atoms with van der Waals surface area (Å²) in [5.74, 6) is 0.287. The second kappa shape index (κ2) is 6.12. The van der Waals surface area contributed by atoms with Crippen molar-refractivity contribution in [2.75, 3.05) is 13.2 Å². The number of rotatable bonds is 5. The quantitative estimate of drug-likeness (QED) is 0.868. The summed E-state index contributed by atoms with van der Waals surface area (Å²) >= 11 is 0. The average Bonchev–Trinajstić information content (AvgIpc) is 2.39. The first-order valence-corrected chi connectivity index (χ1v) is 6.64. The lowest BCUT2D eigenvalue weighted by Gasteiger charge is -2.26. The molecule has 0 saturated carbocycles. The predicted molar refractivity (Wildman–Crippen MR) is 71.3 cm³/mol. The molecule has 1 aliphatic heterocycles. The molecule has 0 fully saturated rings. The standard InChI is InChI=1S/C15H21NO2/c1-11(6-8-16)14(17)10-15-13-5-3-2-4-12(13)7-9-18-15/h2-5,11,15H,6-10,16H2,1H3. The molecular formula is C15H21NO2. The number of benzene rings is 1. The van der Waals surface area contributed by atoms with Crippen LogP contribution in [-0.2, 0) is 16.0 Å². The maximum atomic E-state index is 12.1. The largest absolute Gasteiger partial charge is 0.373 e. The summed E-state index contributed by atoms with van der Waals surface area (Å²) in [5, 5.41) is 0. The van der Waals surface area contributed by atoms with Crippen LogP contribution < -0.4 is 5.73 Å². The first-order chi connectivity index (χ1) is 8.72. The number of fused-ring (bicyclic) bond motifs is 1. The molecule has 0 bridgehead atoms. The Morgan fingerprint density at radius 3 is 3.06 bits per heavy atom. The van der Waals surface area contributed by atoms with Crippen LogP contribution in [0.4, 0.5) is 0 Å². The van der Waals surface area contributed by atoms with Crippen molar-refractivity contribution >= 4 is 5.78 Å². The van der Waals surface area contributed by atoms with E-state index in [4.69, 9.17) is 10.5 Å². The Kier molecular flexibility index (Phi) is 4.50. The number of carbonyl (C=O) groups excluding carboxylic acids is 1. The molecule has 0 amide bonds. The molecule has 0 saturated heterocycles. The van der Waals surface area contributed by atoms with Gasteiger partial charge in [-0.2, -0.15) is 0 Å². The third-order valence-corrected chi connectivity index (χ3v) is 3.63. The first kappa shape index (κ1) is 13.2. The molecule has 98 valence electrons. The fourth-order valence-corrected chi connectivity index (χ4v) is 2.44. The summed E-state index contributed by atoms with van der Waals surface area (Å²) in [6, 6.07) is 8.24. The third kappa shape index (κ3) is 2.98. The van der Waals surface area contributed by atoms with Gasteiger partial charge in [0.1, 0.15) is 5.78 Å². The lowest BCUT2D eigenvalue weighted by molar-refractivity contribution is -0.125. The zero-order chi connectivity index (χ0) is 13.0. The Morgan fingerprint density at radius 1 is 1.50 bits per heavy atom. The minimum absolute atomic E-state index is 0.0349. The van der Waals surface area contributed by atoms with Gasteiger partial charge < -0.3 is 10.5 Å². The second-order valence-corrected chi connectivity index (χ2v) is 4.96. The molecule has 1 aromatic rings. The number of hydrogen-bond donors (Lipinski definition) is 1. The minimum atomic E-state index is -0.0670. The lowest BCUT2D eigenvalue weighted by Crippen LogP contribution is -2.22. The molecule has 0 radical (unpaired) electrons. The topological polar surface area (TPSA) is 52.3 Å². The van der Waals surface area contributed by atoms with Crippen molar-refractivity contribution in [3.05, 3.63) is 35.4 Å². The maximum Gasteiger partial charge on any atom is 0.138 e. The van der Waals surface area contributed by atoms with Crippen LogP contribution in [0.1, 0.15) is 37.0 Å². The van der Waals surface area contributed by atoms with E-state index in [0.717, 1.165) is 12.8 Å². The van der Waals surface area contributed by atoms with Gasteiger partial charge in [-0.05, 0) is 30.5 Å². The number of ketones is 1. The van der Waals surface area contributed by atoms with Gasteiger partial charge >= 0.3 is 0 Å². The average molecular weight is 247 g/mol. The zero-order valence-corrected chi connectivity index (χ0v) is 10.9. The molecule has 3 heteroatoms. The molecule has 1 aromatic carbocycles. The molecule has 0 spiro atoms. The fourth-order valence-electron chi connectivity index (χ4n) is 2.44. The van der Waals surface area contributed by atoms with Crippen LogP contribution in [0.25, 0.3) is 0 Å². The summed E-state index contributed by atoms with van der Waals surface area (Å²) < 4.78 is 5.75. The summed E-state index contributed by atoms with van der Waals surface area (Å²) in [6.45, 7) is 3.22. The maximum absolute atomic E-state index is 12.1. The molecule has 2 rings (SSSR count). The van der Waals surface area contributed by atoms with Crippen molar-refractivity contribution in [1.29, 1.82) is 0 Å². The van der Waals surface area contributed by atoms with E-state index in [1.54, 1.807) is 0 Å². The number of nitrogens with two attached hydrogens (primary N) is 1. The van der Waals surface area contributed by atoms with Crippen LogP contribution in [-0.4, -0.2) is 18.9 Å². The molecule has 1 aliphatic rings. The highest BCUT2D eigenvalue weighted by Gasteiger charge is 2.24. The molecule has 2 N–H and O–H groups in total. The molecule has 18 heavy (non-hydrogen) atoms. The zero-order valence-electron chi connectivity index (χ0n) is 10.9. The van der Waals surface area contributed by atoms with Gasteiger partial charge in [-0.25, -0.2) is 0 Å². The second-order valence-electron chi connectivity index (χ2n) is 4.96. The predicted octanol–water partition coefficient (Wildman–Crippen LogP) is 2.24. The molecule has 0 aliphatic carbocycles. The molecule has 1 heterocycles. The van der Waals surface area contributed by atoms with Gasteiger partial charge in [0.2, 0.25) is 0 Å². The van der Waals surface area contributed by atoms with Crippen molar-refractivity contribution in [1.82, 2.24) is 0 Å². The molecule has 3 nitrogen and oxygen atoms in total. The Morgan fingerprint density at radius 2 is 2.28 bits per heavy atom. The monoisotopic (exact) mass is 247 g/mol. The van der Waals surface area contributed by atoms with E-state index in [1.165, 1.54) is 11.1 Å². The van der Waals surface area contributed by atoms with Gasteiger partial charge in [0.15, 0.2) is 0 Å². The van der Waals surface area contributed by atoms with E-state index in [0.29, 0.717) is 19.6 Å². The molecule has 2 unspecified atom stereocenters. The van der Waals surface area contributed by atoms with E-state index in [1.807, 2.05) is 19.1 Å². The van der Waals surface area contributed by atoms with E-state index < -0.39 is 0 Å². The van der Waals surface area contributed by atoms with E-state index in [9.17, 15) is 4.79 Å². The fraction of sp³-hybridized carbons (Fsp3) is 0.533. The SMILES string of the molecule is CC(CCN)C(=O)CC1OCCc2ccccc21. The number of carbonyl (C=O) groups is 1. The molecule has 0 aromatic heterocycles. The highest BCUT2D eigenvalue weighted by molar-refractivity contribution is 5.81. The van der Waals surface area contributed by atoms with Gasteiger partial charge in [0.25, 0.3) is 0 Å². The Bertz CT molecular complexity index is 417. The smallest absolute Gasteiger partial charge is 0.138 e. The van der Waals surface area contributed by atoms with E-state index in [-0.39, 0.29) is 17.8 Å². The van der Waals surface area contributed by atoms with E-state index >= 15 is 0 Å². The van der Waals surface area contributed by atoms with Crippen LogP contribution in [0.5, 0.6) is 0 Å². The van der Waals surface area contributed by atoms with Gasteiger partial charge in [-0.1, -0.05) is 31.2 Å². The van der Waals surface area contributed by atoms with Crippen molar-refractivity contribution in [3.63, 3.8) is 0 Å². The minimum Gasteiger partial charge on any atom is -0.373 e. The summed E-state index contributed by atoms with van der Waals surface area (Å²) in [6.07, 6.45) is 2.10. The normalized spacial score (nSPS) is 20.2. The number of Topliss-reactive ketones (excluding diaryl/α,β-unsaturated/α-hetero) is 1. The van der Waals surface area contributed by atoms with Crippen LogP contribution in [0.2, 0.25) is 0 Å². The van der Waals surface area contributed by atoms with E-state index in [2.05, 4.69) is 12.1 Å². The summed E-state index contributed by atoms with van der Waals surface area (Å²) in [5.41, 5.74) is 7.98. The van der Waals surface area contributed by atoms with Crippen molar-refractivity contribution in [3.8, 4) is 0 Å². The number of ether oxygens (including phenoxy) is 1. The highest BCUT2D eigenvalue weighted by Crippen LogP contribution is 2.30. The molecular weight excluding hydrogens is 226 g/mol. The van der Waals surface area contributed by atoms with Gasteiger partial charge in [0, 0.05) is 12.3 Å². The van der Waals surface area contributed by atoms with Crippen molar-refractivity contribution in [2.24, 2.45) is 11.7 Å². The van der Waals surface area contributed by atoms with Crippen LogP contribution in [0.15, 0.2) is 24.3 Å². The third-order valence-electron chi connectivity index (χ3n) is 3.63. The Balaban J connectivity index is 2.05. The van der Waals surface area contributed by atoms with Gasteiger partial charge in [-0.15, -0.1) is 0 Å². The molecule has 2 atom stereocenters. The summed E-state index contributed by atoms with van der Waals surface area (Å²) in [4.78, 5) is 12.1. The van der Waals surface area contributed by atoms with Crippen molar-refractivity contribution in [2.45, 2.75) is 32.3 Å². The van der Waals surface area contributed by atoms with Crippen molar-refractivity contribution < 1.29 is 9.53 Å². The lowest BCUT2D eigenvalue weighted by atomic mass is 9.91. The number of hydrogen-bond acceptors (Lipinski definition) is 3. The van der Waals surface area contributed by atoms with Crippen LogP contribution >= 0.6 is 0 Å². The van der Waals surface area contributed by atoms with Crippen LogP contribution in [0, 0.1) is 5.92 Å². The Hall–Kier alpha value is -1.19. The highest BCUT2D eigenvalue weighted by atomic mass is 16.5.